The van der Waals surface area contributed by atoms with Crippen molar-refractivity contribution in [3.63, 3.8) is 0 Å². The summed E-state index contributed by atoms with van der Waals surface area (Å²) in [5.74, 6) is -0.408. The molecule has 0 saturated carbocycles. The molecule has 0 aromatic heterocycles. The monoisotopic (exact) mass is 289 g/mol. The Morgan fingerprint density at radius 1 is 1.10 bits per heavy atom. The fourth-order valence-electron chi connectivity index (χ4n) is 1.86. The molecule has 1 atom stereocenters. The van der Waals surface area contributed by atoms with Crippen molar-refractivity contribution in [2.45, 2.75) is 17.9 Å². The summed E-state index contributed by atoms with van der Waals surface area (Å²) < 4.78 is 12.9. The third-order valence-corrected chi connectivity index (χ3v) is 3.81. The van der Waals surface area contributed by atoms with Crippen LogP contribution in [0.25, 0.3) is 0 Å². The zero-order valence-electron chi connectivity index (χ0n) is 11.4. The lowest BCUT2D eigenvalue weighted by Crippen LogP contribution is -2.26. The summed E-state index contributed by atoms with van der Waals surface area (Å²) in [5.41, 5.74) is 1.50. The maximum atomic E-state index is 12.9. The van der Waals surface area contributed by atoms with Crippen LogP contribution in [0.1, 0.15) is 28.9 Å². The molecule has 0 heterocycles. The molecule has 2 aromatic carbocycles. The standard InChI is InChI=1S/C16H16FNOS/c1-11(12-3-7-14(17)8-4-12)18-16(19)13-5-9-15(20-2)10-6-13/h3-11H,1-2H3,(H,18,19)/t11-/m0/s1. The van der Waals surface area contributed by atoms with Crippen LogP contribution >= 0.6 is 11.8 Å². The van der Waals surface area contributed by atoms with Gasteiger partial charge in [0.25, 0.3) is 5.91 Å². The van der Waals surface area contributed by atoms with Gasteiger partial charge in [-0.3, -0.25) is 4.79 Å². The Kier molecular flexibility index (Phi) is 4.79. The number of amides is 1. The molecule has 2 aromatic rings. The van der Waals surface area contributed by atoms with Gasteiger partial charge < -0.3 is 5.32 Å². The minimum absolute atomic E-state index is 0.130. The highest BCUT2D eigenvalue weighted by Crippen LogP contribution is 2.17. The van der Waals surface area contributed by atoms with Crippen LogP contribution in [-0.4, -0.2) is 12.2 Å². The predicted molar refractivity (Wildman–Crippen MR) is 80.5 cm³/mol. The Bertz CT molecular complexity index is 580. The van der Waals surface area contributed by atoms with Gasteiger partial charge in [0, 0.05) is 10.5 Å². The fourth-order valence-corrected chi connectivity index (χ4v) is 2.27. The van der Waals surface area contributed by atoms with E-state index in [1.54, 1.807) is 36.0 Å². The number of rotatable bonds is 4. The highest BCUT2D eigenvalue weighted by atomic mass is 32.2. The minimum Gasteiger partial charge on any atom is -0.346 e. The molecule has 0 aliphatic carbocycles. The summed E-state index contributed by atoms with van der Waals surface area (Å²) in [6.07, 6.45) is 1.99. The summed E-state index contributed by atoms with van der Waals surface area (Å²) in [6.45, 7) is 1.88. The van der Waals surface area contributed by atoms with E-state index in [9.17, 15) is 9.18 Å². The molecule has 1 amide bonds. The van der Waals surface area contributed by atoms with Gasteiger partial charge in [-0.1, -0.05) is 12.1 Å². The van der Waals surface area contributed by atoms with E-state index in [1.807, 2.05) is 25.3 Å². The minimum atomic E-state index is -0.278. The molecule has 0 spiro atoms. The van der Waals surface area contributed by atoms with Crippen molar-refractivity contribution in [3.05, 3.63) is 65.5 Å². The molecule has 20 heavy (non-hydrogen) atoms. The molecule has 2 nitrogen and oxygen atoms in total. The van der Waals surface area contributed by atoms with Crippen LogP contribution in [0.3, 0.4) is 0 Å². The molecule has 104 valence electrons. The molecule has 0 bridgehead atoms. The quantitative estimate of drug-likeness (QED) is 0.861. The zero-order chi connectivity index (χ0) is 14.5. The molecule has 0 aliphatic rings. The number of nitrogens with one attached hydrogen (secondary N) is 1. The first-order valence-corrected chi connectivity index (χ1v) is 7.53. The van der Waals surface area contributed by atoms with Crippen LogP contribution in [0.15, 0.2) is 53.4 Å². The van der Waals surface area contributed by atoms with Crippen molar-refractivity contribution in [2.75, 3.05) is 6.26 Å². The average molecular weight is 289 g/mol. The SMILES string of the molecule is CSc1ccc(C(=O)N[C@@H](C)c2ccc(F)cc2)cc1. The summed E-state index contributed by atoms with van der Waals surface area (Å²) in [7, 11) is 0. The van der Waals surface area contributed by atoms with Crippen molar-refractivity contribution in [2.24, 2.45) is 0 Å². The number of benzene rings is 2. The summed E-state index contributed by atoms with van der Waals surface area (Å²) in [6, 6.07) is 13.4. The predicted octanol–water partition coefficient (Wildman–Crippen LogP) is 4.04. The molecule has 0 fully saturated rings. The second-order valence-electron chi connectivity index (χ2n) is 4.48. The van der Waals surface area contributed by atoms with E-state index in [0.29, 0.717) is 5.56 Å². The van der Waals surface area contributed by atoms with Crippen LogP contribution in [-0.2, 0) is 0 Å². The maximum Gasteiger partial charge on any atom is 0.251 e. The third-order valence-electron chi connectivity index (χ3n) is 3.07. The van der Waals surface area contributed by atoms with Gasteiger partial charge in [-0.15, -0.1) is 11.8 Å². The molecule has 0 radical (unpaired) electrons. The summed E-state index contributed by atoms with van der Waals surface area (Å²) in [4.78, 5) is 13.2. The van der Waals surface area contributed by atoms with Gasteiger partial charge in [0.2, 0.25) is 0 Å². The number of hydrogen-bond donors (Lipinski definition) is 1. The summed E-state index contributed by atoms with van der Waals surface area (Å²) >= 11 is 1.63. The maximum absolute atomic E-state index is 12.9. The number of thioether (sulfide) groups is 1. The number of carbonyl (C=O) groups excluding carboxylic acids is 1. The molecule has 1 N–H and O–H groups in total. The van der Waals surface area contributed by atoms with Crippen molar-refractivity contribution in [3.8, 4) is 0 Å². The normalized spacial score (nSPS) is 11.9. The summed E-state index contributed by atoms with van der Waals surface area (Å²) in [5, 5.41) is 2.90. The highest BCUT2D eigenvalue weighted by Gasteiger charge is 2.11. The molecular weight excluding hydrogens is 273 g/mol. The first kappa shape index (κ1) is 14.6. The lowest BCUT2D eigenvalue weighted by Gasteiger charge is -2.14. The lowest BCUT2D eigenvalue weighted by atomic mass is 10.1. The van der Waals surface area contributed by atoms with Gasteiger partial charge in [0.1, 0.15) is 5.82 Å². The number of hydrogen-bond acceptors (Lipinski definition) is 2. The number of carbonyl (C=O) groups is 1. The van der Waals surface area contributed by atoms with E-state index in [-0.39, 0.29) is 17.8 Å². The van der Waals surface area contributed by atoms with E-state index < -0.39 is 0 Å². The van der Waals surface area contributed by atoms with Gasteiger partial charge in [0.15, 0.2) is 0 Å². The van der Waals surface area contributed by atoms with E-state index in [1.165, 1.54) is 12.1 Å². The zero-order valence-corrected chi connectivity index (χ0v) is 12.2. The Hall–Kier alpha value is -1.81. The van der Waals surface area contributed by atoms with Crippen molar-refractivity contribution < 1.29 is 9.18 Å². The smallest absolute Gasteiger partial charge is 0.251 e. The van der Waals surface area contributed by atoms with Gasteiger partial charge in [-0.05, 0) is 55.1 Å². The van der Waals surface area contributed by atoms with Crippen molar-refractivity contribution >= 4 is 17.7 Å². The number of halogens is 1. The van der Waals surface area contributed by atoms with Crippen LogP contribution in [0.2, 0.25) is 0 Å². The molecule has 2 rings (SSSR count). The van der Waals surface area contributed by atoms with Crippen LogP contribution in [0.4, 0.5) is 4.39 Å². The topological polar surface area (TPSA) is 29.1 Å². The van der Waals surface area contributed by atoms with Crippen molar-refractivity contribution in [1.82, 2.24) is 5.32 Å². The van der Waals surface area contributed by atoms with E-state index >= 15 is 0 Å². The van der Waals surface area contributed by atoms with Crippen molar-refractivity contribution in [1.29, 1.82) is 0 Å². The average Bonchev–Trinajstić information content (AvgIpc) is 2.48. The van der Waals surface area contributed by atoms with E-state index in [0.717, 1.165) is 10.5 Å². The Morgan fingerprint density at radius 2 is 1.70 bits per heavy atom. The van der Waals surface area contributed by atoms with E-state index in [2.05, 4.69) is 5.32 Å². The second kappa shape index (κ2) is 6.57. The second-order valence-corrected chi connectivity index (χ2v) is 5.35. The van der Waals surface area contributed by atoms with Crippen LogP contribution in [0, 0.1) is 5.82 Å². The Morgan fingerprint density at radius 3 is 2.25 bits per heavy atom. The Balaban J connectivity index is 2.04. The van der Waals surface area contributed by atoms with Crippen LogP contribution < -0.4 is 5.32 Å². The first-order valence-electron chi connectivity index (χ1n) is 6.30. The molecule has 0 saturated heterocycles. The van der Waals surface area contributed by atoms with Gasteiger partial charge >= 0.3 is 0 Å². The highest BCUT2D eigenvalue weighted by molar-refractivity contribution is 7.98. The fraction of sp³-hybridized carbons (Fsp3) is 0.188. The Labute approximate surface area is 122 Å². The van der Waals surface area contributed by atoms with Gasteiger partial charge in [-0.25, -0.2) is 4.39 Å². The first-order chi connectivity index (χ1) is 9.60. The molecule has 0 unspecified atom stereocenters. The van der Waals surface area contributed by atoms with E-state index in [4.69, 9.17) is 0 Å². The molecule has 0 aliphatic heterocycles. The largest absolute Gasteiger partial charge is 0.346 e. The molecular formula is C16H16FNOS. The van der Waals surface area contributed by atoms with Crippen LogP contribution in [0.5, 0.6) is 0 Å². The lowest BCUT2D eigenvalue weighted by molar-refractivity contribution is 0.0940. The molecule has 4 heteroatoms. The van der Waals surface area contributed by atoms with Gasteiger partial charge in [0.05, 0.1) is 6.04 Å². The third kappa shape index (κ3) is 3.61. The van der Waals surface area contributed by atoms with Gasteiger partial charge in [-0.2, -0.15) is 0 Å².